The van der Waals surface area contributed by atoms with Crippen molar-refractivity contribution in [3.05, 3.63) is 29.8 Å². The van der Waals surface area contributed by atoms with Crippen molar-refractivity contribution in [1.29, 1.82) is 5.41 Å². The van der Waals surface area contributed by atoms with E-state index in [-0.39, 0.29) is 37.4 Å². The second-order valence-electron chi connectivity index (χ2n) is 6.20. The van der Waals surface area contributed by atoms with Gasteiger partial charge in [0.1, 0.15) is 24.6 Å². The molecule has 11 heteroatoms. The monoisotopic (exact) mass is 413 g/mol. The largest absolute Gasteiger partial charge is 0.544 e. The Balaban J connectivity index is 0.00000392. The molecule has 0 aromatic heterocycles. The van der Waals surface area contributed by atoms with E-state index in [2.05, 4.69) is 10.1 Å². The molecule has 10 nitrogen and oxygen atoms in total. The van der Waals surface area contributed by atoms with Crippen LogP contribution in [0.2, 0.25) is 0 Å². The van der Waals surface area contributed by atoms with E-state index in [1.54, 1.807) is 29.2 Å². The molecule has 154 valence electrons. The smallest absolute Gasteiger partial charge is 0.424 e. The van der Waals surface area contributed by atoms with Gasteiger partial charge < -0.3 is 25.7 Å². The lowest BCUT2D eigenvalue weighted by Gasteiger charge is -2.31. The van der Waals surface area contributed by atoms with E-state index in [4.69, 9.17) is 11.1 Å². The number of carbonyl (C=O) groups is 3. The number of ether oxygens (including phenoxy) is 1. The number of nitrogens with two attached hydrogens (primary N) is 1. The Labute approximate surface area is 168 Å². The Hall–Kier alpha value is -2.69. The van der Waals surface area contributed by atoms with Crippen molar-refractivity contribution in [2.45, 2.75) is 0 Å². The predicted molar refractivity (Wildman–Crippen MR) is 103 cm³/mol. The van der Waals surface area contributed by atoms with E-state index in [1.807, 2.05) is 0 Å². The molecule has 2 amide bonds. The first-order valence-corrected chi connectivity index (χ1v) is 8.39. The molecular weight excluding hydrogens is 390 g/mol. The van der Waals surface area contributed by atoms with Gasteiger partial charge in [0.15, 0.2) is 0 Å². The number of halogens is 1. The van der Waals surface area contributed by atoms with E-state index in [9.17, 15) is 19.5 Å². The molecule has 1 aromatic carbocycles. The van der Waals surface area contributed by atoms with Gasteiger partial charge in [0.2, 0.25) is 0 Å². The number of carboxylic acid groups (broad SMARTS) is 1. The van der Waals surface area contributed by atoms with E-state index >= 15 is 0 Å². The minimum atomic E-state index is -1.33. The predicted octanol–water partition coefficient (Wildman–Crippen LogP) is -1.35. The first-order chi connectivity index (χ1) is 12.8. The minimum Gasteiger partial charge on any atom is -0.544 e. The van der Waals surface area contributed by atoms with Crippen LogP contribution in [0, 0.1) is 5.41 Å². The Kier molecular flexibility index (Phi) is 8.35. The number of urea groups is 1. The number of methoxy groups -OCH3 is 1. The fourth-order valence-electron chi connectivity index (χ4n) is 3.06. The first-order valence-electron chi connectivity index (χ1n) is 8.39. The molecule has 0 bridgehead atoms. The normalized spacial score (nSPS) is 18.5. The third-order valence-electron chi connectivity index (χ3n) is 4.52. The molecule has 0 radical (unpaired) electrons. The summed E-state index contributed by atoms with van der Waals surface area (Å²) in [5.74, 6) is -1.85. The summed E-state index contributed by atoms with van der Waals surface area (Å²) in [6, 6.07) is 6.03. The van der Waals surface area contributed by atoms with Gasteiger partial charge >= 0.3 is 12.0 Å². The van der Waals surface area contributed by atoms with Crippen molar-refractivity contribution in [1.82, 2.24) is 14.7 Å². The number of benzene rings is 1. The Morgan fingerprint density at radius 2 is 2.00 bits per heavy atom. The zero-order valence-electron chi connectivity index (χ0n) is 15.5. The number of nitrogens with one attached hydrogen (secondary N) is 2. The van der Waals surface area contributed by atoms with Gasteiger partial charge in [0.25, 0.3) is 0 Å². The summed E-state index contributed by atoms with van der Waals surface area (Å²) < 4.78 is 4.13. The van der Waals surface area contributed by atoms with Crippen LogP contribution >= 0.6 is 12.4 Å². The second kappa shape index (κ2) is 10.0. The van der Waals surface area contributed by atoms with Crippen LogP contribution in [0.3, 0.4) is 0 Å². The quantitative estimate of drug-likeness (QED) is 0.149. The highest BCUT2D eigenvalue weighted by molar-refractivity contribution is 5.96. The average Bonchev–Trinajstić information content (AvgIpc) is 2.95. The van der Waals surface area contributed by atoms with Gasteiger partial charge in [0.05, 0.1) is 26.2 Å². The molecule has 1 saturated heterocycles. The van der Waals surface area contributed by atoms with Crippen LogP contribution in [0.15, 0.2) is 24.3 Å². The number of carboxylic acids is 1. The molecule has 1 aromatic rings. The van der Waals surface area contributed by atoms with Crippen molar-refractivity contribution in [2.75, 3.05) is 46.4 Å². The van der Waals surface area contributed by atoms with Crippen LogP contribution in [-0.2, 0) is 14.3 Å². The maximum atomic E-state index is 13.0. The summed E-state index contributed by atoms with van der Waals surface area (Å²) in [5.41, 5.74) is 6.42. The van der Waals surface area contributed by atoms with E-state index < -0.39 is 23.0 Å². The van der Waals surface area contributed by atoms with E-state index in [1.165, 1.54) is 7.11 Å². The molecule has 1 atom stereocenters. The van der Waals surface area contributed by atoms with Gasteiger partial charge in [0, 0.05) is 30.8 Å². The Morgan fingerprint density at radius 1 is 1.36 bits per heavy atom. The number of amides is 2. The molecule has 1 heterocycles. The van der Waals surface area contributed by atoms with Crippen LogP contribution in [0.5, 0.6) is 0 Å². The maximum Gasteiger partial charge on any atom is 0.424 e. The van der Waals surface area contributed by atoms with Crippen molar-refractivity contribution in [3.63, 3.8) is 0 Å². The minimum absolute atomic E-state index is 0. The van der Waals surface area contributed by atoms with Crippen molar-refractivity contribution in [2.24, 2.45) is 5.73 Å². The number of nitrogen functional groups attached to an aromatic ring is 1. The third-order valence-corrected chi connectivity index (χ3v) is 4.52. The number of esters is 1. The number of hydrogen-bond donors (Lipinski definition) is 3. The summed E-state index contributed by atoms with van der Waals surface area (Å²) in [4.78, 5) is 36.9. The molecule has 1 aliphatic rings. The standard InChI is InChI=1S/C17H23N5O5.ClH/c1-27-15(25)10-20-6-7-21-8-9-22(17(21)26,11-14(23)24)13-4-2-12(3-5-13)16(18)19;/h2-5,20H,6-11H2,1H3,(H3-,18,19,23,24);1H. The molecule has 1 unspecified atom stereocenters. The number of amidine groups is 1. The zero-order valence-corrected chi connectivity index (χ0v) is 16.3. The maximum absolute atomic E-state index is 13.0. The van der Waals surface area contributed by atoms with Crippen molar-refractivity contribution in [3.8, 4) is 0 Å². The molecular formula is C17H24ClN5O5. The lowest BCUT2D eigenvalue weighted by Crippen LogP contribution is -2.58. The van der Waals surface area contributed by atoms with Crippen LogP contribution in [-0.4, -0.2) is 75.1 Å². The molecule has 0 aliphatic carbocycles. The van der Waals surface area contributed by atoms with Gasteiger partial charge in [-0.2, -0.15) is 0 Å². The number of aliphatic carboxylic acids is 1. The molecule has 0 saturated carbocycles. The molecule has 28 heavy (non-hydrogen) atoms. The van der Waals surface area contributed by atoms with Crippen LogP contribution in [0.1, 0.15) is 5.56 Å². The highest BCUT2D eigenvalue weighted by Gasteiger charge is 2.48. The number of nitrogens with zero attached hydrogens (tertiary/aromatic N) is 2. The molecule has 0 spiro atoms. The highest BCUT2D eigenvalue weighted by atomic mass is 35.5. The zero-order chi connectivity index (χ0) is 20.0. The topological polar surface area (TPSA) is 149 Å². The lowest BCUT2D eigenvalue weighted by atomic mass is 10.1. The van der Waals surface area contributed by atoms with Gasteiger partial charge in [-0.25, -0.2) is 9.28 Å². The van der Waals surface area contributed by atoms with Crippen LogP contribution < -0.4 is 20.6 Å². The summed E-state index contributed by atoms with van der Waals surface area (Å²) >= 11 is 0. The van der Waals surface area contributed by atoms with Crippen molar-refractivity contribution >= 4 is 41.9 Å². The van der Waals surface area contributed by atoms with Gasteiger partial charge in [-0.1, -0.05) is 0 Å². The van der Waals surface area contributed by atoms with Gasteiger partial charge in [-0.15, -0.1) is 12.4 Å². The molecule has 1 fully saturated rings. The Morgan fingerprint density at radius 3 is 2.54 bits per heavy atom. The molecule has 4 N–H and O–H groups in total. The van der Waals surface area contributed by atoms with Crippen molar-refractivity contribution < 1.29 is 24.2 Å². The Bertz CT molecular complexity index is 742. The fourth-order valence-corrected chi connectivity index (χ4v) is 3.06. The SMILES string of the molecule is COC(=O)CNCCN1CC[N+](CC(=O)[O-])(c2ccc(C(=N)N)cc2)C1=O.Cl. The number of rotatable bonds is 9. The molecule has 2 rings (SSSR count). The summed E-state index contributed by atoms with van der Waals surface area (Å²) in [7, 11) is 1.29. The molecule has 1 aliphatic heterocycles. The van der Waals surface area contributed by atoms with Gasteiger partial charge in [-0.3, -0.25) is 15.1 Å². The van der Waals surface area contributed by atoms with Crippen LogP contribution in [0.25, 0.3) is 0 Å². The summed E-state index contributed by atoms with van der Waals surface area (Å²) in [6.07, 6.45) is 0. The lowest BCUT2D eigenvalue weighted by molar-refractivity contribution is -0.305. The van der Waals surface area contributed by atoms with Gasteiger partial charge in [-0.05, 0) is 12.1 Å². The second-order valence-corrected chi connectivity index (χ2v) is 6.20. The third kappa shape index (κ3) is 5.18. The first kappa shape index (κ1) is 23.3. The van der Waals surface area contributed by atoms with E-state index in [0.717, 1.165) is 0 Å². The number of hydrogen-bond acceptors (Lipinski definition) is 7. The average molecular weight is 414 g/mol. The van der Waals surface area contributed by atoms with E-state index in [0.29, 0.717) is 30.9 Å². The summed E-state index contributed by atoms with van der Waals surface area (Å²) in [5, 5.41) is 21.6. The fraction of sp³-hybridized carbons (Fsp3) is 0.412. The number of quaternary nitrogens is 1. The summed E-state index contributed by atoms with van der Waals surface area (Å²) in [6.45, 7) is 0.905. The highest BCUT2D eigenvalue weighted by Crippen LogP contribution is 2.29. The van der Waals surface area contributed by atoms with Crippen LogP contribution in [0.4, 0.5) is 10.5 Å². The number of carbonyl (C=O) groups excluding carboxylic acids is 3.